The molecule has 4 heteroatoms. The Hall–Kier alpha value is -0.220. The van der Waals surface area contributed by atoms with Crippen molar-refractivity contribution in [2.75, 3.05) is 0 Å². The van der Waals surface area contributed by atoms with Crippen LogP contribution in [0.4, 0.5) is 0 Å². The van der Waals surface area contributed by atoms with Crippen molar-refractivity contribution in [2.45, 2.75) is 0 Å². The Balaban J connectivity index is 0. The van der Waals surface area contributed by atoms with Gasteiger partial charge in [0, 0.05) is 0 Å². The van der Waals surface area contributed by atoms with E-state index >= 15 is 0 Å². The molecule has 26 valence electrons. The molecule has 0 spiro atoms. The molecule has 4 heavy (non-hydrogen) atoms. The third-order valence-corrected chi connectivity index (χ3v) is 0. The molecule has 0 heterocycles. The molecule has 0 aromatic rings. The van der Waals surface area contributed by atoms with E-state index in [4.69, 9.17) is 8.42 Å². The first kappa shape index (κ1) is 9.22. The average Bonchev–Trinajstić information content (AvgIpc) is 0.918. The SMILES string of the molecule is N.O=S=O. The molecule has 3 N–H and O–H groups in total. The van der Waals surface area contributed by atoms with Crippen LogP contribution in [0.3, 0.4) is 0 Å². The fourth-order valence-electron chi connectivity index (χ4n) is 0. The van der Waals surface area contributed by atoms with Gasteiger partial charge in [0.2, 0.25) is 0 Å². The zero-order valence-corrected chi connectivity index (χ0v) is 2.75. The Morgan fingerprint density at radius 2 is 1.25 bits per heavy atom. The Morgan fingerprint density at radius 3 is 1.25 bits per heavy atom. The Labute approximate surface area is 27.2 Å². The largest absolute Gasteiger partial charge is 0.344 e. The van der Waals surface area contributed by atoms with Gasteiger partial charge in [0.25, 0.3) is 0 Å². The molecular formula is H3NO2S. The lowest BCUT2D eigenvalue weighted by molar-refractivity contribution is 0.630. The quantitative estimate of drug-likeness (QED) is 0.427. The van der Waals surface area contributed by atoms with Crippen LogP contribution in [0.15, 0.2) is 0 Å². The lowest BCUT2D eigenvalue weighted by atomic mass is 14.0. The lowest BCUT2D eigenvalue weighted by Gasteiger charge is -0.947. The highest BCUT2D eigenvalue weighted by Crippen LogP contribution is 0.846. The van der Waals surface area contributed by atoms with Crippen LogP contribution >= 0.6 is 0 Å². The summed E-state index contributed by atoms with van der Waals surface area (Å²) in [5, 5.41) is 0. The Morgan fingerprint density at radius 1 is 1.25 bits per heavy atom. The van der Waals surface area contributed by atoms with Gasteiger partial charge in [-0.25, -0.2) is 0 Å². The van der Waals surface area contributed by atoms with Gasteiger partial charge in [0.05, 0.1) is 0 Å². The van der Waals surface area contributed by atoms with E-state index < -0.39 is 11.6 Å². The van der Waals surface area contributed by atoms with Crippen LogP contribution in [0, 0.1) is 0 Å². The summed E-state index contributed by atoms with van der Waals surface area (Å²) in [6, 6.07) is 0. The first-order chi connectivity index (χ1) is 1.41. The van der Waals surface area contributed by atoms with Crippen molar-refractivity contribution in [3.8, 4) is 0 Å². The number of rotatable bonds is 0. The summed E-state index contributed by atoms with van der Waals surface area (Å²) < 4.78 is 16.6. The topological polar surface area (TPSA) is 69.1 Å². The van der Waals surface area contributed by atoms with Crippen molar-refractivity contribution in [1.29, 1.82) is 0 Å². The first-order valence-corrected chi connectivity index (χ1v) is 1.00. The Bertz CT molecular complexity index is 27.0. The van der Waals surface area contributed by atoms with Crippen molar-refractivity contribution < 1.29 is 8.42 Å². The van der Waals surface area contributed by atoms with E-state index in [9.17, 15) is 0 Å². The third-order valence-electron chi connectivity index (χ3n) is 0. The molecule has 0 rings (SSSR count). The predicted octanol–water partition coefficient (Wildman–Crippen LogP) is -0.508. The first-order valence-electron chi connectivity index (χ1n) is 0.333. The average molecular weight is 81.1 g/mol. The van der Waals surface area contributed by atoms with E-state index in [-0.39, 0.29) is 6.15 Å². The van der Waals surface area contributed by atoms with E-state index in [0.29, 0.717) is 0 Å². The van der Waals surface area contributed by atoms with E-state index in [1.807, 2.05) is 0 Å². The van der Waals surface area contributed by atoms with Gasteiger partial charge in [0.15, 0.2) is 0 Å². The summed E-state index contributed by atoms with van der Waals surface area (Å²) in [5.74, 6) is 0. The van der Waals surface area contributed by atoms with Crippen LogP contribution < -0.4 is 6.15 Å². The van der Waals surface area contributed by atoms with Crippen molar-refractivity contribution in [3.05, 3.63) is 0 Å². The van der Waals surface area contributed by atoms with Gasteiger partial charge in [-0.15, -0.1) is 0 Å². The number of hydrogen-bond acceptors (Lipinski definition) is 3. The zero-order valence-electron chi connectivity index (χ0n) is 1.93. The van der Waals surface area contributed by atoms with Gasteiger partial charge in [-0.1, -0.05) is 0 Å². The minimum Gasteiger partial charge on any atom is -0.344 e. The molecule has 0 fully saturated rings. The smallest absolute Gasteiger partial charge is 0.335 e. The van der Waals surface area contributed by atoms with E-state index in [1.165, 1.54) is 0 Å². The molecule has 0 aromatic carbocycles. The summed E-state index contributed by atoms with van der Waals surface area (Å²) in [4.78, 5) is 0. The molecule has 0 bridgehead atoms. The van der Waals surface area contributed by atoms with Gasteiger partial charge in [-0.05, 0) is 0 Å². The summed E-state index contributed by atoms with van der Waals surface area (Å²) >= 11 is -0.750. The second kappa shape index (κ2) is 14.5. The summed E-state index contributed by atoms with van der Waals surface area (Å²) in [6.07, 6.45) is 0. The second-order valence-electron chi connectivity index (χ2n) is 0.0680. The molecule has 0 radical (unpaired) electrons. The van der Waals surface area contributed by atoms with Gasteiger partial charge in [-0.3, -0.25) is 0 Å². The second-order valence-corrected chi connectivity index (χ2v) is 0.204. The molecule has 0 aliphatic rings. The van der Waals surface area contributed by atoms with Crippen LogP contribution in [0.2, 0.25) is 0 Å². The molecule has 0 atom stereocenters. The van der Waals surface area contributed by atoms with Crippen LogP contribution in [0.1, 0.15) is 0 Å². The van der Waals surface area contributed by atoms with Crippen LogP contribution in [-0.4, -0.2) is 8.42 Å². The fourth-order valence-corrected chi connectivity index (χ4v) is 0. The van der Waals surface area contributed by atoms with Crippen LogP contribution in [0.25, 0.3) is 0 Å². The van der Waals surface area contributed by atoms with Crippen molar-refractivity contribution in [2.24, 2.45) is 0 Å². The maximum Gasteiger partial charge on any atom is 0.335 e. The maximum atomic E-state index is 8.29. The molecule has 0 saturated heterocycles. The monoisotopic (exact) mass is 81.0 g/mol. The summed E-state index contributed by atoms with van der Waals surface area (Å²) in [7, 11) is 0. The van der Waals surface area contributed by atoms with E-state index in [1.54, 1.807) is 0 Å². The normalized spacial score (nSPS) is 3.00. The van der Waals surface area contributed by atoms with E-state index in [2.05, 4.69) is 0 Å². The third kappa shape index (κ3) is 22.4. The van der Waals surface area contributed by atoms with E-state index in [0.717, 1.165) is 0 Å². The van der Waals surface area contributed by atoms with Gasteiger partial charge < -0.3 is 6.15 Å². The highest BCUT2D eigenvalue weighted by molar-refractivity contribution is 7.51. The standard InChI is InChI=1S/H3N.O2S/c;1-3-2/h1H3;. The maximum absolute atomic E-state index is 8.29. The minimum atomic E-state index is -0.750. The fraction of sp³-hybridized carbons (Fsp3) is 0. The number of hydrogen-bond donors (Lipinski definition) is 1. The highest BCUT2D eigenvalue weighted by Gasteiger charge is 1.12. The zero-order chi connectivity index (χ0) is 2.71. The summed E-state index contributed by atoms with van der Waals surface area (Å²) in [5.41, 5.74) is 0. The molecule has 3 nitrogen and oxygen atoms in total. The van der Waals surface area contributed by atoms with Crippen LogP contribution in [0.5, 0.6) is 0 Å². The molecule has 0 amide bonds. The van der Waals surface area contributed by atoms with Crippen molar-refractivity contribution in [1.82, 2.24) is 6.15 Å². The molecule has 0 aliphatic carbocycles. The molecule has 0 unspecified atom stereocenters. The minimum absolute atomic E-state index is 0. The lowest BCUT2D eigenvalue weighted by Crippen LogP contribution is -1.18. The predicted molar refractivity (Wildman–Crippen MR) is 13.9 cm³/mol. The molecule has 0 aromatic heterocycles. The molecule has 0 saturated carbocycles. The summed E-state index contributed by atoms with van der Waals surface area (Å²) in [6.45, 7) is 0. The Kier molecular flexibility index (Phi) is 33.4. The van der Waals surface area contributed by atoms with Crippen molar-refractivity contribution in [3.63, 3.8) is 0 Å². The van der Waals surface area contributed by atoms with Gasteiger partial charge in [0.1, 0.15) is 0 Å². The highest BCUT2D eigenvalue weighted by atomic mass is 32.1. The molecular weight excluding hydrogens is 78.1 g/mol. The van der Waals surface area contributed by atoms with Crippen LogP contribution in [-0.2, 0) is 11.6 Å². The van der Waals surface area contributed by atoms with Gasteiger partial charge in [-0.2, -0.15) is 8.42 Å². The van der Waals surface area contributed by atoms with Crippen molar-refractivity contribution >= 4 is 11.6 Å². The van der Waals surface area contributed by atoms with Gasteiger partial charge >= 0.3 is 11.6 Å². The molecule has 0 aliphatic heterocycles.